The average Bonchev–Trinajstić information content (AvgIpc) is 2.67. The molecule has 10 heteroatoms. The van der Waals surface area contributed by atoms with Crippen molar-refractivity contribution in [2.75, 3.05) is 6.61 Å². The van der Waals surface area contributed by atoms with E-state index in [-0.39, 0.29) is 23.5 Å². The highest BCUT2D eigenvalue weighted by Crippen LogP contribution is 2.52. The number of carboxylic acids is 1. The summed E-state index contributed by atoms with van der Waals surface area (Å²) in [5.74, 6) is -2.35. The number of hydrogen-bond donors (Lipinski definition) is 1. The maximum atomic E-state index is 14.2. The van der Waals surface area contributed by atoms with Gasteiger partial charge < -0.3 is 9.84 Å². The molecule has 0 aromatic heterocycles. The van der Waals surface area contributed by atoms with Gasteiger partial charge in [0.05, 0.1) is 16.0 Å². The van der Waals surface area contributed by atoms with E-state index < -0.39 is 52.2 Å². The maximum Gasteiger partial charge on any atom is 0.422 e. The third-order valence-corrected chi connectivity index (χ3v) is 6.32. The van der Waals surface area contributed by atoms with Crippen molar-refractivity contribution in [3.63, 3.8) is 0 Å². The molecular formula is C23H21ClF6O3. The zero-order valence-electron chi connectivity index (χ0n) is 17.5. The summed E-state index contributed by atoms with van der Waals surface area (Å²) in [5.41, 5.74) is -3.97. The fourth-order valence-electron chi connectivity index (χ4n) is 4.06. The van der Waals surface area contributed by atoms with Crippen molar-refractivity contribution in [3.05, 3.63) is 52.5 Å². The van der Waals surface area contributed by atoms with E-state index in [0.717, 1.165) is 12.5 Å². The monoisotopic (exact) mass is 494 g/mol. The van der Waals surface area contributed by atoms with Crippen molar-refractivity contribution >= 4 is 17.6 Å². The summed E-state index contributed by atoms with van der Waals surface area (Å²) in [5, 5.41) is 8.89. The van der Waals surface area contributed by atoms with E-state index in [2.05, 4.69) is 0 Å². The van der Waals surface area contributed by atoms with Crippen LogP contribution in [0.4, 0.5) is 26.3 Å². The number of rotatable bonds is 7. The predicted molar refractivity (Wildman–Crippen MR) is 110 cm³/mol. The smallest absolute Gasteiger partial charge is 0.422 e. The highest BCUT2D eigenvalue weighted by atomic mass is 35.5. The van der Waals surface area contributed by atoms with Crippen molar-refractivity contribution in [1.29, 1.82) is 0 Å². The average molecular weight is 495 g/mol. The molecule has 1 unspecified atom stereocenters. The van der Waals surface area contributed by atoms with Crippen LogP contribution in [0, 0.1) is 5.92 Å². The molecule has 2 aromatic carbocycles. The Morgan fingerprint density at radius 1 is 1.12 bits per heavy atom. The Bertz CT molecular complexity index is 1020. The Kier molecular flexibility index (Phi) is 6.94. The topological polar surface area (TPSA) is 46.5 Å². The van der Waals surface area contributed by atoms with Gasteiger partial charge in [-0.1, -0.05) is 61.2 Å². The van der Waals surface area contributed by atoms with Gasteiger partial charge in [-0.3, -0.25) is 4.79 Å². The van der Waals surface area contributed by atoms with E-state index in [1.165, 1.54) is 19.1 Å². The maximum absolute atomic E-state index is 14.2. The molecule has 33 heavy (non-hydrogen) atoms. The molecule has 1 atom stereocenters. The van der Waals surface area contributed by atoms with Crippen LogP contribution < -0.4 is 4.74 Å². The van der Waals surface area contributed by atoms with Gasteiger partial charge >= 0.3 is 18.3 Å². The van der Waals surface area contributed by atoms with E-state index in [9.17, 15) is 36.2 Å². The number of alkyl halides is 6. The van der Waals surface area contributed by atoms with E-state index >= 15 is 0 Å². The third-order valence-electron chi connectivity index (χ3n) is 5.96. The largest absolute Gasteiger partial charge is 0.482 e. The highest BCUT2D eigenvalue weighted by Gasteiger charge is 2.48. The van der Waals surface area contributed by atoms with Gasteiger partial charge in [-0.05, 0) is 36.5 Å². The Hall–Kier alpha value is -2.42. The first kappa shape index (κ1) is 25.2. The van der Waals surface area contributed by atoms with Gasteiger partial charge in [0.2, 0.25) is 0 Å². The summed E-state index contributed by atoms with van der Waals surface area (Å²) < 4.78 is 85.8. The van der Waals surface area contributed by atoms with Crippen LogP contribution in [0.25, 0.3) is 11.1 Å². The lowest BCUT2D eigenvalue weighted by Gasteiger charge is -2.36. The van der Waals surface area contributed by atoms with Crippen LogP contribution in [0.15, 0.2) is 36.4 Å². The molecule has 0 heterocycles. The standard InChI is InChI=1S/C23H21ClF6O3/c1-21(20(31)32,11-13-6-5-7-13)16-10-15(14-8-3-2-4-9-14)19(33-12-22(25,26)27)18(24)17(16)23(28,29)30/h2-4,8-10,13H,5-7,11-12H2,1H3,(H,31,32). The number of carboxylic acid groups (broad SMARTS) is 1. The zero-order valence-corrected chi connectivity index (χ0v) is 18.2. The molecule has 1 aliphatic carbocycles. The van der Waals surface area contributed by atoms with E-state index in [1.54, 1.807) is 18.2 Å². The summed E-state index contributed by atoms with van der Waals surface area (Å²) in [6, 6.07) is 8.59. The molecule has 0 spiro atoms. The van der Waals surface area contributed by atoms with Crippen LogP contribution in [0.3, 0.4) is 0 Å². The SMILES string of the molecule is CC(CC1CCC1)(C(=O)O)c1cc(-c2ccccc2)c(OCC(F)(F)F)c(Cl)c1C(F)(F)F. The predicted octanol–water partition coefficient (Wildman–Crippen LogP) is 7.50. The highest BCUT2D eigenvalue weighted by molar-refractivity contribution is 6.33. The van der Waals surface area contributed by atoms with E-state index in [1.807, 2.05) is 0 Å². The summed E-state index contributed by atoms with van der Waals surface area (Å²) >= 11 is 6.07. The van der Waals surface area contributed by atoms with Crippen LogP contribution in [-0.4, -0.2) is 23.9 Å². The molecule has 0 amide bonds. The van der Waals surface area contributed by atoms with E-state index in [4.69, 9.17) is 16.3 Å². The lowest BCUT2D eigenvalue weighted by molar-refractivity contribution is -0.153. The first-order chi connectivity index (χ1) is 15.2. The minimum Gasteiger partial charge on any atom is -0.482 e. The van der Waals surface area contributed by atoms with Crippen LogP contribution in [0.1, 0.15) is 43.7 Å². The second-order valence-electron chi connectivity index (χ2n) is 8.40. The second kappa shape index (κ2) is 9.08. The quantitative estimate of drug-likeness (QED) is 0.405. The normalized spacial score (nSPS) is 16.7. The van der Waals surface area contributed by atoms with Gasteiger partial charge in [0.25, 0.3) is 0 Å². The van der Waals surface area contributed by atoms with Crippen molar-refractivity contribution in [3.8, 4) is 16.9 Å². The molecule has 0 bridgehead atoms. The number of benzene rings is 2. The Morgan fingerprint density at radius 3 is 2.18 bits per heavy atom. The van der Waals surface area contributed by atoms with Crippen molar-refractivity contribution in [2.45, 2.75) is 50.4 Å². The number of hydrogen-bond acceptors (Lipinski definition) is 2. The molecule has 1 saturated carbocycles. The number of carbonyl (C=O) groups is 1. The van der Waals surface area contributed by atoms with Crippen molar-refractivity contribution in [2.24, 2.45) is 5.92 Å². The molecule has 1 fully saturated rings. The summed E-state index contributed by atoms with van der Waals surface area (Å²) in [4.78, 5) is 12.3. The molecule has 0 aliphatic heterocycles. The fourth-order valence-corrected chi connectivity index (χ4v) is 4.42. The van der Waals surface area contributed by atoms with Crippen LogP contribution in [0.2, 0.25) is 5.02 Å². The molecule has 2 aromatic rings. The second-order valence-corrected chi connectivity index (χ2v) is 8.77. The zero-order chi connectivity index (χ0) is 24.6. The number of halogens is 7. The first-order valence-electron chi connectivity index (χ1n) is 10.2. The lowest BCUT2D eigenvalue weighted by Crippen LogP contribution is -2.38. The molecule has 1 N–H and O–H groups in total. The summed E-state index contributed by atoms with van der Waals surface area (Å²) in [6.45, 7) is -0.666. The van der Waals surface area contributed by atoms with Crippen molar-refractivity contribution in [1.82, 2.24) is 0 Å². The van der Waals surface area contributed by atoms with Gasteiger partial charge in [0, 0.05) is 5.56 Å². The molecule has 3 nitrogen and oxygen atoms in total. The van der Waals surface area contributed by atoms with Gasteiger partial charge in [-0.15, -0.1) is 0 Å². The van der Waals surface area contributed by atoms with Crippen molar-refractivity contribution < 1.29 is 41.0 Å². The van der Waals surface area contributed by atoms with E-state index in [0.29, 0.717) is 12.8 Å². The Balaban J connectivity index is 2.32. The number of aliphatic carboxylic acids is 1. The molecule has 0 saturated heterocycles. The molecule has 1 aliphatic rings. The van der Waals surface area contributed by atoms with Gasteiger partial charge in [-0.25, -0.2) is 0 Å². The van der Waals surface area contributed by atoms with Gasteiger partial charge in [0.1, 0.15) is 5.75 Å². The minimum atomic E-state index is -5.13. The van der Waals surface area contributed by atoms with Crippen LogP contribution >= 0.6 is 11.6 Å². The fraction of sp³-hybridized carbons (Fsp3) is 0.435. The molecule has 0 radical (unpaired) electrons. The number of ether oxygens (including phenoxy) is 1. The summed E-state index contributed by atoms with van der Waals surface area (Å²) in [6.07, 6.45) is -7.78. The summed E-state index contributed by atoms with van der Waals surface area (Å²) in [7, 11) is 0. The minimum absolute atomic E-state index is 0.0568. The van der Waals surface area contributed by atoms with Crippen LogP contribution in [-0.2, 0) is 16.4 Å². The Morgan fingerprint density at radius 2 is 1.73 bits per heavy atom. The first-order valence-corrected chi connectivity index (χ1v) is 10.5. The molecular weight excluding hydrogens is 474 g/mol. The van der Waals surface area contributed by atoms with Gasteiger partial charge in [-0.2, -0.15) is 26.3 Å². The van der Waals surface area contributed by atoms with Gasteiger partial charge in [0.15, 0.2) is 6.61 Å². The van der Waals surface area contributed by atoms with Crippen LogP contribution in [0.5, 0.6) is 5.75 Å². The molecule has 180 valence electrons. The third kappa shape index (κ3) is 5.39. The molecule has 3 rings (SSSR count). The lowest BCUT2D eigenvalue weighted by atomic mass is 9.68. The Labute approximate surface area is 191 Å².